The highest BCUT2D eigenvalue weighted by Gasteiger charge is 2.36. The van der Waals surface area contributed by atoms with E-state index in [1.165, 1.54) is 33.0 Å². The number of para-hydroxylation sites is 3. The number of benzene rings is 9. The lowest BCUT2D eigenvalue weighted by molar-refractivity contribution is 0.660. The predicted molar refractivity (Wildman–Crippen MR) is 242 cm³/mol. The number of anilines is 3. The Labute approximate surface area is 336 Å². The molecule has 274 valence electrons. The van der Waals surface area contributed by atoms with Crippen LogP contribution in [-0.2, 0) is 5.41 Å². The molecule has 0 saturated heterocycles. The molecule has 9 aromatic carbocycles. The largest absolute Gasteiger partial charge is 0.456 e. The molecular formula is C55H37NO2. The van der Waals surface area contributed by atoms with Crippen molar-refractivity contribution < 1.29 is 8.83 Å². The third-order valence-corrected chi connectivity index (χ3v) is 12.5. The van der Waals surface area contributed by atoms with Crippen molar-refractivity contribution in [2.24, 2.45) is 0 Å². The molecule has 1 aliphatic carbocycles. The Bertz CT molecular complexity index is 3440. The summed E-state index contributed by atoms with van der Waals surface area (Å²) in [6.07, 6.45) is 0. The first-order valence-electron chi connectivity index (χ1n) is 20.0. The molecule has 0 unspecified atom stereocenters. The second kappa shape index (κ2) is 12.3. The van der Waals surface area contributed by atoms with E-state index >= 15 is 0 Å². The fraction of sp³-hybridized carbons (Fsp3) is 0.0545. The Morgan fingerprint density at radius 2 is 1.02 bits per heavy atom. The van der Waals surface area contributed by atoms with Gasteiger partial charge in [-0.3, -0.25) is 0 Å². The third-order valence-electron chi connectivity index (χ3n) is 12.5. The van der Waals surface area contributed by atoms with Crippen molar-refractivity contribution in [1.82, 2.24) is 0 Å². The molecule has 3 heteroatoms. The summed E-state index contributed by atoms with van der Waals surface area (Å²) >= 11 is 0. The zero-order valence-electron chi connectivity index (χ0n) is 32.2. The van der Waals surface area contributed by atoms with E-state index in [2.05, 4.69) is 195 Å². The standard InChI is InChI=1S/C55H37NO2/c1-55(2)48-19-8-5-15-42(48)43-28-27-39(33-49(43)55)56(38-25-22-34(23-26-38)41-17-11-18-45-44-16-7-10-21-51(44)58-54(41)45)50-20-9-6-14-40(50)37-24-29-52-46(31-37)47-30-35-12-3-4-13-36(35)32-53(47)57-52/h3-33H,1-2H3. The van der Waals surface area contributed by atoms with E-state index < -0.39 is 0 Å². The topological polar surface area (TPSA) is 29.5 Å². The minimum atomic E-state index is -0.139. The van der Waals surface area contributed by atoms with Crippen LogP contribution in [0.25, 0.3) is 88.0 Å². The first-order chi connectivity index (χ1) is 28.5. The summed E-state index contributed by atoms with van der Waals surface area (Å²) in [7, 11) is 0. The highest BCUT2D eigenvalue weighted by atomic mass is 16.3. The van der Waals surface area contributed by atoms with Crippen LogP contribution in [0.2, 0.25) is 0 Å². The number of hydrogen-bond donors (Lipinski definition) is 0. The molecular weight excluding hydrogens is 707 g/mol. The zero-order chi connectivity index (χ0) is 38.5. The van der Waals surface area contributed by atoms with Gasteiger partial charge in [0.2, 0.25) is 0 Å². The van der Waals surface area contributed by atoms with Crippen molar-refractivity contribution in [3.05, 3.63) is 199 Å². The Morgan fingerprint density at radius 1 is 0.379 bits per heavy atom. The molecule has 0 radical (unpaired) electrons. The molecule has 11 aromatic rings. The van der Waals surface area contributed by atoms with Crippen molar-refractivity contribution in [1.29, 1.82) is 0 Å². The lowest BCUT2D eigenvalue weighted by Crippen LogP contribution is -2.16. The fourth-order valence-corrected chi connectivity index (χ4v) is 9.57. The maximum Gasteiger partial charge on any atom is 0.143 e. The van der Waals surface area contributed by atoms with Crippen LogP contribution in [0, 0.1) is 0 Å². The molecule has 0 bridgehead atoms. The van der Waals surface area contributed by atoms with Crippen LogP contribution in [0.5, 0.6) is 0 Å². The van der Waals surface area contributed by atoms with Crippen molar-refractivity contribution >= 4 is 71.7 Å². The normalized spacial score (nSPS) is 13.1. The maximum atomic E-state index is 6.46. The monoisotopic (exact) mass is 743 g/mol. The lowest BCUT2D eigenvalue weighted by atomic mass is 9.82. The van der Waals surface area contributed by atoms with E-state index in [4.69, 9.17) is 8.83 Å². The number of fused-ring (bicyclic) bond motifs is 10. The van der Waals surface area contributed by atoms with Crippen LogP contribution in [0.4, 0.5) is 17.1 Å². The van der Waals surface area contributed by atoms with Gasteiger partial charge in [0.15, 0.2) is 0 Å². The Balaban J connectivity index is 1.04. The summed E-state index contributed by atoms with van der Waals surface area (Å²) in [5.74, 6) is 0. The summed E-state index contributed by atoms with van der Waals surface area (Å²) in [5, 5.41) is 6.88. The highest BCUT2D eigenvalue weighted by Crippen LogP contribution is 2.51. The van der Waals surface area contributed by atoms with Crippen molar-refractivity contribution in [2.45, 2.75) is 19.3 Å². The van der Waals surface area contributed by atoms with Gasteiger partial charge in [-0.25, -0.2) is 0 Å². The van der Waals surface area contributed by atoms with Gasteiger partial charge in [-0.2, -0.15) is 0 Å². The highest BCUT2D eigenvalue weighted by molar-refractivity contribution is 6.12. The van der Waals surface area contributed by atoms with Crippen molar-refractivity contribution in [3.8, 4) is 33.4 Å². The predicted octanol–water partition coefficient (Wildman–Crippen LogP) is 15.7. The molecule has 3 nitrogen and oxygen atoms in total. The number of rotatable bonds is 5. The van der Waals surface area contributed by atoms with Gasteiger partial charge in [0, 0.05) is 49.5 Å². The van der Waals surface area contributed by atoms with Gasteiger partial charge < -0.3 is 13.7 Å². The molecule has 58 heavy (non-hydrogen) atoms. The van der Waals surface area contributed by atoms with E-state index in [-0.39, 0.29) is 5.41 Å². The summed E-state index contributed by atoms with van der Waals surface area (Å²) in [5.41, 5.74) is 16.5. The fourth-order valence-electron chi connectivity index (χ4n) is 9.57. The first kappa shape index (κ1) is 32.8. The number of furan rings is 2. The average Bonchev–Trinajstić information content (AvgIpc) is 3.90. The van der Waals surface area contributed by atoms with Gasteiger partial charge in [0.05, 0.1) is 5.69 Å². The third kappa shape index (κ3) is 4.86. The summed E-state index contributed by atoms with van der Waals surface area (Å²) in [6, 6.07) is 67.8. The number of nitrogens with zero attached hydrogens (tertiary/aromatic N) is 1. The first-order valence-corrected chi connectivity index (χ1v) is 20.0. The summed E-state index contributed by atoms with van der Waals surface area (Å²) in [6.45, 7) is 4.70. The van der Waals surface area contributed by atoms with E-state index in [0.717, 1.165) is 83.2 Å². The second-order valence-electron chi connectivity index (χ2n) is 16.1. The zero-order valence-corrected chi connectivity index (χ0v) is 32.2. The average molecular weight is 744 g/mol. The Hall–Kier alpha value is -7.36. The molecule has 12 rings (SSSR count). The Kier molecular flexibility index (Phi) is 6.98. The van der Waals surface area contributed by atoms with Crippen LogP contribution in [-0.4, -0.2) is 0 Å². The summed E-state index contributed by atoms with van der Waals surface area (Å²) in [4.78, 5) is 2.42. The molecule has 0 N–H and O–H groups in total. The molecule has 0 saturated carbocycles. The van der Waals surface area contributed by atoms with Crippen LogP contribution < -0.4 is 4.90 Å². The summed E-state index contributed by atoms with van der Waals surface area (Å²) < 4.78 is 12.9. The SMILES string of the molecule is CC1(C)c2ccccc2-c2ccc(N(c3ccc(-c4cccc5c4oc4ccccc45)cc3)c3ccccc3-c3ccc4oc5cc6ccccc6cc5c4c3)cc21. The van der Waals surface area contributed by atoms with Gasteiger partial charge in [-0.05, 0) is 105 Å². The van der Waals surface area contributed by atoms with Crippen LogP contribution in [0.3, 0.4) is 0 Å². The van der Waals surface area contributed by atoms with Gasteiger partial charge in [-0.15, -0.1) is 0 Å². The van der Waals surface area contributed by atoms with Gasteiger partial charge >= 0.3 is 0 Å². The molecule has 0 amide bonds. The van der Waals surface area contributed by atoms with Gasteiger partial charge in [-0.1, -0.05) is 141 Å². The van der Waals surface area contributed by atoms with E-state index in [1.54, 1.807) is 0 Å². The molecule has 0 fully saturated rings. The molecule has 0 atom stereocenters. The molecule has 1 aliphatic rings. The lowest BCUT2D eigenvalue weighted by Gasteiger charge is -2.30. The minimum absolute atomic E-state index is 0.139. The van der Waals surface area contributed by atoms with Gasteiger partial charge in [0.1, 0.15) is 22.3 Å². The molecule has 0 spiro atoms. The molecule has 0 aliphatic heterocycles. The van der Waals surface area contributed by atoms with Crippen LogP contribution in [0.15, 0.2) is 197 Å². The van der Waals surface area contributed by atoms with Gasteiger partial charge in [0.25, 0.3) is 0 Å². The van der Waals surface area contributed by atoms with Crippen LogP contribution in [0.1, 0.15) is 25.0 Å². The van der Waals surface area contributed by atoms with E-state index in [0.29, 0.717) is 0 Å². The smallest absolute Gasteiger partial charge is 0.143 e. The van der Waals surface area contributed by atoms with Crippen molar-refractivity contribution in [2.75, 3.05) is 4.90 Å². The van der Waals surface area contributed by atoms with E-state index in [1.807, 2.05) is 12.1 Å². The maximum absolute atomic E-state index is 6.46. The van der Waals surface area contributed by atoms with E-state index in [9.17, 15) is 0 Å². The van der Waals surface area contributed by atoms with Crippen molar-refractivity contribution in [3.63, 3.8) is 0 Å². The molecule has 2 aromatic heterocycles. The second-order valence-corrected chi connectivity index (χ2v) is 16.1. The van der Waals surface area contributed by atoms with Crippen LogP contribution >= 0.6 is 0 Å². The molecule has 2 heterocycles. The minimum Gasteiger partial charge on any atom is -0.456 e. The quantitative estimate of drug-likeness (QED) is 0.176. The number of hydrogen-bond acceptors (Lipinski definition) is 3. The Morgan fingerprint density at radius 3 is 1.90 bits per heavy atom.